The number of aryl methyl sites for hydroxylation is 1. The van der Waals surface area contributed by atoms with E-state index in [1.165, 1.54) is 55.3 Å². The lowest BCUT2D eigenvalue weighted by Gasteiger charge is -2.33. The second-order valence-corrected chi connectivity index (χ2v) is 12.9. The molecular weight excluding hydrogens is 608 g/mol. The molecule has 0 saturated carbocycles. The van der Waals surface area contributed by atoms with E-state index in [0.717, 1.165) is 10.4 Å². The Kier molecular flexibility index (Phi) is 11.7. The van der Waals surface area contributed by atoms with E-state index in [0.29, 0.717) is 22.9 Å². The number of hydrogen-bond donors (Lipinski definition) is 1. The fraction of sp³-hybridized carbons (Fsp3) is 0.355. The SMILES string of the molecule is CC[C@H](C(=O)NCC(C)C)N(Cc1ccccc1Cl)C(=O)CN(c1ccc(OC)cc1)S(=O)(=O)c1ccc(C)c([N+](=O)[O-])c1. The Morgan fingerprint density at radius 2 is 1.73 bits per heavy atom. The van der Waals surface area contributed by atoms with Gasteiger partial charge in [0.25, 0.3) is 15.7 Å². The maximum absolute atomic E-state index is 14.2. The third kappa shape index (κ3) is 8.26. The quantitative estimate of drug-likeness (QED) is 0.185. The number of rotatable bonds is 14. The van der Waals surface area contributed by atoms with Crippen LogP contribution in [0, 0.1) is 23.0 Å². The predicted octanol–water partition coefficient (Wildman–Crippen LogP) is 5.34. The van der Waals surface area contributed by atoms with Crippen molar-refractivity contribution in [3.8, 4) is 5.75 Å². The van der Waals surface area contributed by atoms with E-state index in [4.69, 9.17) is 16.3 Å². The maximum Gasteiger partial charge on any atom is 0.273 e. The van der Waals surface area contributed by atoms with Crippen LogP contribution < -0.4 is 14.4 Å². The minimum absolute atomic E-state index is 0.0569. The van der Waals surface area contributed by atoms with Crippen LogP contribution in [0.1, 0.15) is 38.3 Å². The number of benzene rings is 3. The molecule has 0 heterocycles. The van der Waals surface area contributed by atoms with Gasteiger partial charge in [0, 0.05) is 29.7 Å². The smallest absolute Gasteiger partial charge is 0.273 e. The van der Waals surface area contributed by atoms with Crippen LogP contribution in [0.4, 0.5) is 11.4 Å². The van der Waals surface area contributed by atoms with Crippen molar-refractivity contribution in [2.24, 2.45) is 5.92 Å². The minimum atomic E-state index is -4.52. The van der Waals surface area contributed by atoms with Gasteiger partial charge in [-0.3, -0.25) is 24.0 Å². The van der Waals surface area contributed by atoms with Crippen LogP contribution in [0.3, 0.4) is 0 Å². The van der Waals surface area contributed by atoms with E-state index >= 15 is 0 Å². The number of nitro benzene ring substituents is 1. The highest BCUT2D eigenvalue weighted by Crippen LogP contribution is 2.30. The predicted molar refractivity (Wildman–Crippen MR) is 169 cm³/mol. The molecule has 11 nitrogen and oxygen atoms in total. The molecule has 0 unspecified atom stereocenters. The molecule has 0 fully saturated rings. The van der Waals surface area contributed by atoms with Gasteiger partial charge in [-0.1, -0.05) is 56.6 Å². The number of nitro groups is 1. The van der Waals surface area contributed by atoms with Crippen LogP contribution >= 0.6 is 11.6 Å². The molecule has 0 aliphatic carbocycles. The fourth-order valence-corrected chi connectivity index (χ4v) is 6.13. The number of amides is 2. The number of carbonyl (C=O) groups excluding carboxylic acids is 2. The lowest BCUT2D eigenvalue weighted by molar-refractivity contribution is -0.385. The van der Waals surface area contributed by atoms with E-state index in [1.54, 1.807) is 31.2 Å². The fourth-order valence-electron chi connectivity index (χ4n) is 4.50. The first-order valence-electron chi connectivity index (χ1n) is 14.0. The molecule has 0 aliphatic rings. The summed E-state index contributed by atoms with van der Waals surface area (Å²) in [6.07, 6.45) is 0.250. The Labute approximate surface area is 263 Å². The van der Waals surface area contributed by atoms with Gasteiger partial charge in [0.05, 0.1) is 22.6 Å². The minimum Gasteiger partial charge on any atom is -0.497 e. The summed E-state index contributed by atoms with van der Waals surface area (Å²) >= 11 is 6.43. The summed E-state index contributed by atoms with van der Waals surface area (Å²) < 4.78 is 34.3. The third-order valence-electron chi connectivity index (χ3n) is 6.97. The van der Waals surface area contributed by atoms with Gasteiger partial charge in [-0.05, 0) is 61.2 Å². The molecule has 13 heteroatoms. The van der Waals surface area contributed by atoms with Gasteiger partial charge in [-0.25, -0.2) is 8.42 Å². The number of ether oxygens (including phenoxy) is 1. The highest BCUT2D eigenvalue weighted by Gasteiger charge is 2.34. The number of halogens is 1. The van der Waals surface area contributed by atoms with Crippen LogP contribution in [-0.4, -0.2) is 56.3 Å². The average molecular weight is 645 g/mol. The van der Waals surface area contributed by atoms with E-state index < -0.39 is 33.4 Å². The lowest BCUT2D eigenvalue weighted by Crippen LogP contribution is -2.52. The first kappa shape index (κ1) is 34.3. The van der Waals surface area contributed by atoms with E-state index in [2.05, 4.69) is 5.32 Å². The summed E-state index contributed by atoms with van der Waals surface area (Å²) in [6, 6.07) is 15.5. The van der Waals surface area contributed by atoms with Crippen LogP contribution in [0.25, 0.3) is 0 Å². The van der Waals surface area contributed by atoms with Crippen molar-refractivity contribution in [2.75, 3.05) is 24.5 Å². The van der Waals surface area contributed by atoms with E-state index in [9.17, 15) is 28.1 Å². The largest absolute Gasteiger partial charge is 0.497 e. The topological polar surface area (TPSA) is 139 Å². The number of nitrogens with one attached hydrogen (secondary N) is 1. The molecule has 2 amide bonds. The van der Waals surface area contributed by atoms with Crippen molar-refractivity contribution < 1.29 is 27.7 Å². The number of methoxy groups -OCH3 is 1. The lowest BCUT2D eigenvalue weighted by atomic mass is 10.1. The molecule has 3 aromatic carbocycles. The first-order valence-corrected chi connectivity index (χ1v) is 15.8. The standard InChI is InChI=1S/C31H37ClN4O7S/c1-6-28(31(38)33-18-21(2)3)34(19-23-9-7-8-10-27(23)32)30(37)20-35(24-12-14-25(43-5)15-13-24)44(41,42)26-16-11-22(4)29(17-26)36(39)40/h7-17,21,28H,6,18-20H2,1-5H3,(H,33,38)/t28-/m1/s1. The summed E-state index contributed by atoms with van der Waals surface area (Å²) in [5.74, 6) is -0.429. The van der Waals surface area contributed by atoms with Crippen LogP contribution in [0.5, 0.6) is 5.75 Å². The summed E-state index contributed by atoms with van der Waals surface area (Å²) in [6.45, 7) is 6.79. The monoisotopic (exact) mass is 644 g/mol. The number of carbonyl (C=O) groups is 2. The second kappa shape index (κ2) is 15.0. The summed E-state index contributed by atoms with van der Waals surface area (Å²) in [7, 11) is -3.06. The molecule has 0 bridgehead atoms. The zero-order chi connectivity index (χ0) is 32.6. The molecule has 0 aliphatic heterocycles. The van der Waals surface area contributed by atoms with Crippen molar-refractivity contribution in [3.05, 3.63) is 93.0 Å². The average Bonchev–Trinajstić information content (AvgIpc) is 2.99. The Balaban J connectivity index is 2.12. The molecular formula is C31H37ClN4O7S. The van der Waals surface area contributed by atoms with Gasteiger partial charge >= 0.3 is 0 Å². The zero-order valence-corrected chi connectivity index (χ0v) is 26.9. The van der Waals surface area contributed by atoms with Crippen molar-refractivity contribution in [1.82, 2.24) is 10.2 Å². The molecule has 236 valence electrons. The molecule has 3 rings (SSSR count). The Bertz CT molecular complexity index is 1600. The third-order valence-corrected chi connectivity index (χ3v) is 9.11. The van der Waals surface area contributed by atoms with E-state index in [-0.39, 0.29) is 46.6 Å². The Hall–Kier alpha value is -4.16. The first-order chi connectivity index (χ1) is 20.8. The molecule has 1 atom stereocenters. The van der Waals surface area contributed by atoms with Gasteiger partial charge < -0.3 is 15.0 Å². The van der Waals surface area contributed by atoms with Gasteiger partial charge in [0.2, 0.25) is 11.8 Å². The number of hydrogen-bond acceptors (Lipinski definition) is 7. The maximum atomic E-state index is 14.2. The summed E-state index contributed by atoms with van der Waals surface area (Å²) in [5.41, 5.74) is 0.605. The van der Waals surface area contributed by atoms with Crippen LogP contribution in [0.15, 0.2) is 71.6 Å². The number of nitrogens with zero attached hydrogens (tertiary/aromatic N) is 3. The molecule has 1 N–H and O–H groups in total. The Morgan fingerprint density at radius 3 is 2.30 bits per heavy atom. The van der Waals surface area contributed by atoms with Crippen molar-refractivity contribution >= 4 is 44.8 Å². The zero-order valence-electron chi connectivity index (χ0n) is 25.3. The van der Waals surface area contributed by atoms with Crippen molar-refractivity contribution in [2.45, 2.75) is 51.6 Å². The normalized spacial score (nSPS) is 12.0. The highest BCUT2D eigenvalue weighted by atomic mass is 35.5. The summed E-state index contributed by atoms with van der Waals surface area (Å²) in [4.78, 5) is 39.4. The molecule has 3 aromatic rings. The van der Waals surface area contributed by atoms with Gasteiger partial charge in [-0.2, -0.15) is 0 Å². The van der Waals surface area contributed by atoms with Crippen LogP contribution in [0.2, 0.25) is 5.02 Å². The van der Waals surface area contributed by atoms with Gasteiger partial charge in [0.15, 0.2) is 0 Å². The number of sulfonamides is 1. The molecule has 0 aromatic heterocycles. The molecule has 0 saturated heterocycles. The summed E-state index contributed by atoms with van der Waals surface area (Å²) in [5, 5.41) is 14.9. The number of anilines is 1. The van der Waals surface area contributed by atoms with Crippen molar-refractivity contribution in [1.29, 1.82) is 0 Å². The van der Waals surface area contributed by atoms with Crippen LogP contribution in [-0.2, 0) is 26.2 Å². The molecule has 0 radical (unpaired) electrons. The molecule has 44 heavy (non-hydrogen) atoms. The van der Waals surface area contributed by atoms with Gasteiger partial charge in [-0.15, -0.1) is 0 Å². The van der Waals surface area contributed by atoms with E-state index in [1.807, 2.05) is 13.8 Å². The second-order valence-electron chi connectivity index (χ2n) is 10.6. The molecule has 0 spiro atoms. The highest BCUT2D eigenvalue weighted by molar-refractivity contribution is 7.92. The Morgan fingerprint density at radius 1 is 1.07 bits per heavy atom. The van der Waals surface area contributed by atoms with Crippen molar-refractivity contribution in [3.63, 3.8) is 0 Å². The van der Waals surface area contributed by atoms with Gasteiger partial charge in [0.1, 0.15) is 18.3 Å².